The molecule has 2 aromatic heterocycles. The number of aromatic nitrogens is 1. The monoisotopic (exact) mass is 627 g/mol. The Kier molecular flexibility index (Phi) is 9.42. The Morgan fingerprint density at radius 1 is 1.00 bits per heavy atom. The number of hydrogen-bond acceptors (Lipinski definition) is 7. The molecule has 0 N–H and O–H groups in total. The number of methoxy groups -OCH3 is 1. The number of hydrogen-bond donors (Lipinski definition) is 0. The second-order valence-corrected chi connectivity index (χ2v) is 13.4. The summed E-state index contributed by atoms with van der Waals surface area (Å²) in [4.78, 5) is 28.5. The van der Waals surface area contributed by atoms with Crippen LogP contribution in [-0.2, 0) is 9.47 Å². The molecular weight excluding hydrogens is 588 g/mol. The molecule has 0 atom stereocenters. The predicted octanol–water partition coefficient (Wildman–Crippen LogP) is 7.24. The molecule has 0 aliphatic heterocycles. The summed E-state index contributed by atoms with van der Waals surface area (Å²) in [6.45, 7) is 19.3. The number of imide groups is 1. The number of amides is 2. The maximum Gasteiger partial charge on any atom is 0.425 e. The molecule has 2 heterocycles. The Morgan fingerprint density at radius 2 is 1.55 bits per heavy atom. The minimum Gasteiger partial charge on any atom is -0.496 e. The van der Waals surface area contributed by atoms with E-state index in [1.165, 1.54) is 29.9 Å². The van der Waals surface area contributed by atoms with Gasteiger partial charge in [0.2, 0.25) is 0 Å². The van der Waals surface area contributed by atoms with Gasteiger partial charge in [-0.1, -0.05) is 12.6 Å². The van der Waals surface area contributed by atoms with Gasteiger partial charge < -0.3 is 14.2 Å². The van der Waals surface area contributed by atoms with Gasteiger partial charge in [0.05, 0.1) is 22.7 Å². The molecule has 11 heteroatoms. The zero-order valence-corrected chi connectivity index (χ0v) is 27.9. The maximum absolute atomic E-state index is 15.2. The van der Waals surface area contributed by atoms with Crippen molar-refractivity contribution >= 4 is 41.5 Å². The smallest absolute Gasteiger partial charge is 0.425 e. The van der Waals surface area contributed by atoms with Crippen LogP contribution in [0.2, 0.25) is 0 Å². The molecule has 0 fully saturated rings. The number of carbonyl (C=O) groups is 2. The van der Waals surface area contributed by atoms with Crippen LogP contribution in [0.1, 0.15) is 72.1 Å². The number of alkyl halides is 2. The summed E-state index contributed by atoms with van der Waals surface area (Å²) in [5.74, 6) is -3.24. The number of rotatable bonds is 4. The third-order valence-corrected chi connectivity index (χ3v) is 7.61. The second kappa shape index (κ2) is 12.1. The number of carbonyl (C=O) groups excluding carboxylic acids is 2. The summed E-state index contributed by atoms with van der Waals surface area (Å²) < 4.78 is 49.3. The van der Waals surface area contributed by atoms with Crippen molar-refractivity contribution in [1.29, 1.82) is 5.26 Å². The zero-order valence-electron chi connectivity index (χ0n) is 27.1. The summed E-state index contributed by atoms with van der Waals surface area (Å²) in [5.41, 5.74) is -1.29. The summed E-state index contributed by atoms with van der Waals surface area (Å²) in [6, 6.07) is 7.26. The van der Waals surface area contributed by atoms with E-state index >= 15 is 8.78 Å². The first-order valence-electron chi connectivity index (χ1n) is 13.9. The molecule has 8 nitrogen and oxygen atoms in total. The van der Waals surface area contributed by atoms with Crippen LogP contribution in [0.3, 0.4) is 0 Å². The van der Waals surface area contributed by atoms with Crippen molar-refractivity contribution in [3.8, 4) is 17.5 Å². The van der Waals surface area contributed by atoms with Gasteiger partial charge in [-0.3, -0.25) is 4.57 Å². The fraction of sp³-hybridized carbons (Fsp3) is 0.424. The van der Waals surface area contributed by atoms with Gasteiger partial charge in [0.25, 0.3) is 5.92 Å². The second-order valence-electron chi connectivity index (χ2n) is 12.5. The Hall–Kier alpha value is -4.17. The molecule has 0 spiro atoms. The minimum atomic E-state index is -3.39. The maximum atomic E-state index is 15.2. The molecule has 3 rings (SSSR count). The first kappa shape index (κ1) is 34.3. The summed E-state index contributed by atoms with van der Waals surface area (Å²) in [7, 11) is 1.49. The molecule has 0 aliphatic rings. The van der Waals surface area contributed by atoms with Crippen LogP contribution >= 0.6 is 11.3 Å². The van der Waals surface area contributed by atoms with Crippen LogP contribution in [0.15, 0.2) is 23.6 Å². The number of thiophene rings is 1. The van der Waals surface area contributed by atoms with Crippen LogP contribution < -0.4 is 20.1 Å². The molecule has 0 radical (unpaired) electrons. The lowest BCUT2D eigenvalue weighted by atomic mass is 10.1. The predicted molar refractivity (Wildman–Crippen MR) is 168 cm³/mol. The Morgan fingerprint density at radius 3 is 1.95 bits per heavy atom. The van der Waals surface area contributed by atoms with E-state index < -0.39 is 34.9 Å². The van der Waals surface area contributed by atoms with Crippen molar-refractivity contribution in [3.63, 3.8) is 0 Å². The van der Waals surface area contributed by atoms with E-state index in [4.69, 9.17) is 14.2 Å². The SMILES string of the molecule is C=c1ccs/c1=c1/c(=C(\C)C(C)(F)F)c(C#N)c(N(C(=O)OC(C)(C)C)C(=O)OC(C)(C)C)n1-c1c(C)ccc(OC)c1C. The van der Waals surface area contributed by atoms with E-state index in [9.17, 15) is 14.9 Å². The fourth-order valence-corrected chi connectivity index (χ4v) is 5.58. The summed E-state index contributed by atoms with van der Waals surface area (Å²) in [5, 5.41) is 13.0. The highest BCUT2D eigenvalue weighted by Gasteiger charge is 2.39. The van der Waals surface area contributed by atoms with E-state index in [0.29, 0.717) is 37.2 Å². The molecule has 0 bridgehead atoms. The normalized spacial score (nSPS) is 13.6. The molecule has 1 aromatic carbocycles. The van der Waals surface area contributed by atoms with Crippen molar-refractivity contribution in [1.82, 2.24) is 4.57 Å². The summed E-state index contributed by atoms with van der Waals surface area (Å²) >= 11 is 1.22. The molecule has 0 saturated heterocycles. The molecule has 0 unspecified atom stereocenters. The average molecular weight is 628 g/mol. The molecule has 0 aliphatic carbocycles. The number of nitriles is 1. The number of ether oxygens (including phenoxy) is 3. The summed E-state index contributed by atoms with van der Waals surface area (Å²) in [6.07, 6.45) is -2.31. The first-order valence-corrected chi connectivity index (χ1v) is 14.7. The topological polar surface area (TPSA) is 93.8 Å². The third-order valence-electron chi connectivity index (χ3n) is 6.64. The molecule has 0 saturated carbocycles. The standard InChI is InChI=1S/C33H39F2N3O5S/c1-18-13-14-23(41-12)20(3)25(18)37-26(27-19(2)15-16-44-27)24(21(4)33(11,34)35)22(17-36)28(37)38(29(39)42-31(5,6)7)30(40)43-32(8,9)10/h13-16H,2H2,1,3-12H3/b24-21+,27-26-. The van der Waals surface area contributed by atoms with Gasteiger partial charge in [-0.2, -0.15) is 10.2 Å². The van der Waals surface area contributed by atoms with E-state index in [1.54, 1.807) is 79.0 Å². The van der Waals surface area contributed by atoms with Crippen molar-refractivity contribution in [3.05, 3.63) is 60.6 Å². The van der Waals surface area contributed by atoms with Crippen LogP contribution in [0, 0.1) is 35.1 Å². The van der Waals surface area contributed by atoms with Crippen LogP contribution in [0.4, 0.5) is 24.2 Å². The number of anilines is 1. The van der Waals surface area contributed by atoms with Gasteiger partial charge in [0, 0.05) is 23.3 Å². The van der Waals surface area contributed by atoms with Crippen LogP contribution in [0.25, 0.3) is 17.8 Å². The molecule has 44 heavy (non-hydrogen) atoms. The fourth-order valence-electron chi connectivity index (χ4n) is 4.68. The van der Waals surface area contributed by atoms with Gasteiger partial charge >= 0.3 is 12.2 Å². The largest absolute Gasteiger partial charge is 0.496 e. The lowest BCUT2D eigenvalue weighted by Gasteiger charge is -2.30. The minimum absolute atomic E-state index is 0.138. The first-order chi connectivity index (χ1) is 20.1. The Balaban J connectivity index is 2.89. The number of halogens is 2. The highest BCUT2D eigenvalue weighted by molar-refractivity contribution is 7.08. The lowest BCUT2D eigenvalue weighted by molar-refractivity contribution is 0.0428. The molecule has 236 valence electrons. The third kappa shape index (κ3) is 6.81. The number of aryl methyl sites for hydroxylation is 1. The van der Waals surface area contributed by atoms with E-state index in [1.807, 2.05) is 6.07 Å². The quantitative estimate of drug-likeness (QED) is 0.303. The number of benzene rings is 1. The lowest BCUT2D eigenvalue weighted by Crippen LogP contribution is -2.45. The van der Waals surface area contributed by atoms with Gasteiger partial charge in [-0.05, 0) is 90.6 Å². The molecular formula is C33H39F2N3O5S. The van der Waals surface area contributed by atoms with E-state index in [2.05, 4.69) is 6.58 Å². The highest BCUT2D eigenvalue weighted by Crippen LogP contribution is 2.36. The van der Waals surface area contributed by atoms with Crippen molar-refractivity contribution in [2.24, 2.45) is 0 Å². The Bertz CT molecular complexity index is 1840. The molecule has 3 aromatic rings. The Labute approximate surface area is 260 Å². The van der Waals surface area contributed by atoms with Crippen molar-refractivity contribution in [2.45, 2.75) is 86.4 Å². The zero-order chi connectivity index (χ0) is 33.5. The van der Waals surface area contributed by atoms with E-state index in [-0.39, 0.29) is 21.9 Å². The van der Waals surface area contributed by atoms with E-state index in [0.717, 1.165) is 6.92 Å². The van der Waals surface area contributed by atoms with Crippen molar-refractivity contribution < 1.29 is 32.6 Å². The number of nitrogens with zero attached hydrogens (tertiary/aromatic N) is 3. The van der Waals surface area contributed by atoms with Crippen LogP contribution in [0.5, 0.6) is 5.75 Å². The average Bonchev–Trinajstić information content (AvgIpc) is 3.41. The van der Waals surface area contributed by atoms with Crippen molar-refractivity contribution in [2.75, 3.05) is 12.0 Å². The van der Waals surface area contributed by atoms with Gasteiger partial charge in [0.15, 0.2) is 5.82 Å². The molecule has 2 amide bonds. The van der Waals surface area contributed by atoms with Gasteiger partial charge in [-0.15, -0.1) is 11.3 Å². The highest BCUT2D eigenvalue weighted by atomic mass is 32.1. The van der Waals surface area contributed by atoms with Gasteiger partial charge in [-0.25, -0.2) is 18.4 Å². The van der Waals surface area contributed by atoms with Gasteiger partial charge in [0.1, 0.15) is 28.6 Å². The van der Waals surface area contributed by atoms with Crippen LogP contribution in [-0.4, -0.2) is 41.0 Å².